The maximum Gasteiger partial charge on any atom is 0.276 e. The summed E-state index contributed by atoms with van der Waals surface area (Å²) in [5.74, 6) is 0.577. The molecular formula is C19H22N2O4. The summed E-state index contributed by atoms with van der Waals surface area (Å²) in [6.07, 6.45) is 0.132. The van der Waals surface area contributed by atoms with Crippen LogP contribution in [0.1, 0.15) is 17.5 Å². The van der Waals surface area contributed by atoms with Crippen LogP contribution in [0.2, 0.25) is 0 Å². The Morgan fingerprint density at radius 1 is 0.920 bits per heavy atom. The van der Waals surface area contributed by atoms with Crippen molar-refractivity contribution in [1.82, 2.24) is 10.9 Å². The van der Waals surface area contributed by atoms with Crippen molar-refractivity contribution in [2.75, 3.05) is 13.2 Å². The highest BCUT2D eigenvalue weighted by Gasteiger charge is 2.07. The Morgan fingerprint density at radius 3 is 2.40 bits per heavy atom. The van der Waals surface area contributed by atoms with Gasteiger partial charge in [-0.3, -0.25) is 20.4 Å². The normalized spacial score (nSPS) is 10.0. The van der Waals surface area contributed by atoms with Gasteiger partial charge in [0.2, 0.25) is 5.91 Å². The van der Waals surface area contributed by atoms with E-state index in [2.05, 4.69) is 10.9 Å². The minimum Gasteiger partial charge on any atom is -0.493 e. The Kier molecular flexibility index (Phi) is 6.83. The Hall–Kier alpha value is -3.02. The van der Waals surface area contributed by atoms with E-state index in [1.165, 1.54) is 0 Å². The van der Waals surface area contributed by atoms with Gasteiger partial charge in [-0.2, -0.15) is 0 Å². The molecule has 0 heterocycles. The van der Waals surface area contributed by atoms with Crippen LogP contribution in [-0.4, -0.2) is 25.0 Å². The van der Waals surface area contributed by atoms with Gasteiger partial charge in [0.05, 0.1) is 13.0 Å². The zero-order valence-electron chi connectivity index (χ0n) is 14.4. The van der Waals surface area contributed by atoms with Crippen LogP contribution in [0.4, 0.5) is 0 Å². The van der Waals surface area contributed by atoms with Gasteiger partial charge in [0.25, 0.3) is 5.91 Å². The van der Waals surface area contributed by atoms with Gasteiger partial charge >= 0.3 is 0 Å². The molecule has 0 aliphatic rings. The Bertz CT molecular complexity index is 717. The van der Waals surface area contributed by atoms with Crippen LogP contribution in [-0.2, 0) is 9.59 Å². The molecule has 0 saturated carbocycles. The fourth-order valence-electron chi connectivity index (χ4n) is 2.02. The van der Waals surface area contributed by atoms with Crippen LogP contribution >= 0.6 is 0 Å². The highest BCUT2D eigenvalue weighted by Crippen LogP contribution is 2.18. The number of ether oxygens (including phenoxy) is 2. The molecular weight excluding hydrogens is 320 g/mol. The molecule has 6 heteroatoms. The topological polar surface area (TPSA) is 76.7 Å². The fraction of sp³-hybridized carbons (Fsp3) is 0.263. The van der Waals surface area contributed by atoms with Gasteiger partial charge in [-0.25, -0.2) is 0 Å². The monoisotopic (exact) mass is 342 g/mol. The van der Waals surface area contributed by atoms with Crippen LogP contribution < -0.4 is 20.3 Å². The van der Waals surface area contributed by atoms with Crippen molar-refractivity contribution >= 4 is 11.8 Å². The lowest BCUT2D eigenvalue weighted by Gasteiger charge is -2.11. The molecule has 0 aliphatic carbocycles. The van der Waals surface area contributed by atoms with E-state index in [4.69, 9.17) is 9.47 Å². The standard InChI is InChI=1S/C19H22N2O4/c1-14-8-9-15(2)17(12-14)25-13-19(23)21-20-18(22)10-11-24-16-6-4-3-5-7-16/h3-9,12H,10-11,13H2,1-2H3,(H,20,22)(H,21,23). The molecule has 132 valence electrons. The summed E-state index contributed by atoms with van der Waals surface area (Å²) >= 11 is 0. The second-order valence-electron chi connectivity index (χ2n) is 5.57. The van der Waals surface area contributed by atoms with E-state index in [1.54, 1.807) is 0 Å². The molecule has 0 atom stereocenters. The summed E-state index contributed by atoms with van der Waals surface area (Å²) in [6, 6.07) is 15.0. The predicted octanol–water partition coefficient (Wildman–Crippen LogP) is 2.30. The minimum atomic E-state index is -0.432. The van der Waals surface area contributed by atoms with Gasteiger partial charge in [0.1, 0.15) is 11.5 Å². The first-order valence-corrected chi connectivity index (χ1v) is 8.00. The smallest absolute Gasteiger partial charge is 0.276 e. The van der Waals surface area contributed by atoms with Crippen molar-refractivity contribution < 1.29 is 19.1 Å². The van der Waals surface area contributed by atoms with E-state index in [1.807, 2.05) is 62.4 Å². The van der Waals surface area contributed by atoms with E-state index in [0.29, 0.717) is 11.5 Å². The van der Waals surface area contributed by atoms with Gasteiger partial charge in [0, 0.05) is 0 Å². The zero-order chi connectivity index (χ0) is 18.1. The van der Waals surface area contributed by atoms with Crippen molar-refractivity contribution in [1.29, 1.82) is 0 Å². The first-order chi connectivity index (χ1) is 12.0. The van der Waals surface area contributed by atoms with Crippen molar-refractivity contribution in [3.05, 3.63) is 59.7 Å². The number of hydrogen-bond donors (Lipinski definition) is 2. The predicted molar refractivity (Wildman–Crippen MR) is 94.3 cm³/mol. The van der Waals surface area contributed by atoms with E-state index >= 15 is 0 Å². The maximum absolute atomic E-state index is 11.7. The van der Waals surface area contributed by atoms with Gasteiger partial charge in [0.15, 0.2) is 6.61 Å². The average Bonchev–Trinajstić information content (AvgIpc) is 2.61. The van der Waals surface area contributed by atoms with E-state index in [-0.39, 0.29) is 25.5 Å². The Morgan fingerprint density at radius 2 is 1.64 bits per heavy atom. The minimum absolute atomic E-state index is 0.132. The van der Waals surface area contributed by atoms with Gasteiger partial charge in [-0.1, -0.05) is 30.3 Å². The molecule has 25 heavy (non-hydrogen) atoms. The largest absolute Gasteiger partial charge is 0.493 e. The number of rotatable bonds is 7. The van der Waals surface area contributed by atoms with E-state index < -0.39 is 5.91 Å². The molecule has 2 N–H and O–H groups in total. The summed E-state index contributed by atoms with van der Waals surface area (Å²) in [7, 11) is 0. The van der Waals surface area contributed by atoms with Crippen LogP contribution in [0, 0.1) is 13.8 Å². The molecule has 2 aromatic carbocycles. The van der Waals surface area contributed by atoms with Crippen molar-refractivity contribution in [2.24, 2.45) is 0 Å². The molecule has 0 saturated heterocycles. The number of para-hydroxylation sites is 1. The summed E-state index contributed by atoms with van der Waals surface area (Å²) in [5.41, 5.74) is 6.64. The lowest BCUT2D eigenvalue weighted by atomic mass is 10.1. The van der Waals surface area contributed by atoms with Crippen LogP contribution in [0.25, 0.3) is 0 Å². The molecule has 0 aromatic heterocycles. The van der Waals surface area contributed by atoms with Crippen LogP contribution in [0.15, 0.2) is 48.5 Å². The second kappa shape index (κ2) is 9.32. The lowest BCUT2D eigenvalue weighted by molar-refractivity contribution is -0.130. The molecule has 2 amide bonds. The number of aryl methyl sites for hydroxylation is 2. The van der Waals surface area contributed by atoms with Gasteiger partial charge in [-0.15, -0.1) is 0 Å². The summed E-state index contributed by atoms with van der Waals surface area (Å²) in [6.45, 7) is 3.90. The molecule has 0 bridgehead atoms. The number of carbonyl (C=O) groups excluding carboxylic acids is 2. The highest BCUT2D eigenvalue weighted by atomic mass is 16.5. The molecule has 0 spiro atoms. The van der Waals surface area contributed by atoms with Gasteiger partial charge in [-0.05, 0) is 43.2 Å². The average molecular weight is 342 g/mol. The first-order valence-electron chi connectivity index (χ1n) is 8.00. The number of amides is 2. The SMILES string of the molecule is Cc1ccc(C)c(OCC(=O)NNC(=O)CCOc2ccccc2)c1. The molecule has 0 fully saturated rings. The van der Waals surface area contributed by atoms with Crippen molar-refractivity contribution in [2.45, 2.75) is 20.3 Å². The zero-order valence-corrected chi connectivity index (χ0v) is 14.4. The summed E-state index contributed by atoms with van der Waals surface area (Å²) in [4.78, 5) is 23.4. The summed E-state index contributed by atoms with van der Waals surface area (Å²) < 4.78 is 10.9. The Balaban J connectivity index is 1.64. The second-order valence-corrected chi connectivity index (χ2v) is 5.57. The highest BCUT2D eigenvalue weighted by molar-refractivity contribution is 5.82. The maximum atomic E-state index is 11.7. The third-order valence-electron chi connectivity index (χ3n) is 3.38. The first kappa shape index (κ1) is 18.3. The number of nitrogens with one attached hydrogen (secondary N) is 2. The molecule has 0 aliphatic heterocycles. The third-order valence-corrected chi connectivity index (χ3v) is 3.38. The number of benzene rings is 2. The molecule has 2 aromatic rings. The van der Waals surface area contributed by atoms with E-state index in [9.17, 15) is 9.59 Å². The molecule has 2 rings (SSSR count). The van der Waals surface area contributed by atoms with Crippen LogP contribution in [0.3, 0.4) is 0 Å². The Labute approximate surface area is 147 Å². The quantitative estimate of drug-likeness (QED) is 0.757. The number of hydrazine groups is 1. The summed E-state index contributed by atoms with van der Waals surface area (Å²) in [5, 5.41) is 0. The fourth-order valence-corrected chi connectivity index (χ4v) is 2.02. The van der Waals surface area contributed by atoms with Gasteiger partial charge < -0.3 is 9.47 Å². The lowest BCUT2D eigenvalue weighted by Crippen LogP contribution is -2.44. The molecule has 6 nitrogen and oxygen atoms in total. The molecule has 0 radical (unpaired) electrons. The third kappa shape index (κ3) is 6.55. The van der Waals surface area contributed by atoms with Crippen molar-refractivity contribution in [3.8, 4) is 11.5 Å². The van der Waals surface area contributed by atoms with E-state index in [0.717, 1.165) is 11.1 Å². The number of carbonyl (C=O) groups is 2. The molecule has 0 unspecified atom stereocenters. The van der Waals surface area contributed by atoms with Crippen molar-refractivity contribution in [3.63, 3.8) is 0 Å². The number of hydrogen-bond acceptors (Lipinski definition) is 4. The van der Waals surface area contributed by atoms with Crippen LogP contribution in [0.5, 0.6) is 11.5 Å².